The lowest BCUT2D eigenvalue weighted by molar-refractivity contribution is 0.0158. The Bertz CT molecular complexity index is 460. The van der Waals surface area contributed by atoms with E-state index in [0.29, 0.717) is 0 Å². The molecule has 3 heteroatoms. The molecule has 1 aromatic rings. The molecule has 0 N–H and O–H groups in total. The van der Waals surface area contributed by atoms with Crippen LogP contribution in [0.3, 0.4) is 0 Å². The molecule has 17 heavy (non-hydrogen) atoms. The normalized spacial score (nSPS) is 24.4. The number of ether oxygens (including phenoxy) is 1. The van der Waals surface area contributed by atoms with Crippen molar-refractivity contribution < 1.29 is 13.5 Å². The number of halogens is 2. The number of hydrogen-bond acceptors (Lipinski definition) is 1. The minimum absolute atomic E-state index is 0.0318. The van der Waals surface area contributed by atoms with Crippen molar-refractivity contribution in [2.75, 3.05) is 0 Å². The molecule has 92 valence electrons. The van der Waals surface area contributed by atoms with Crippen LogP contribution in [0.1, 0.15) is 38.3 Å². The summed E-state index contributed by atoms with van der Waals surface area (Å²) in [6, 6.07) is 6.47. The molecule has 0 saturated carbocycles. The third-order valence-electron chi connectivity index (χ3n) is 3.15. The highest BCUT2D eigenvalue weighted by Gasteiger charge is 2.34. The van der Waals surface area contributed by atoms with E-state index in [2.05, 4.69) is 0 Å². The third kappa shape index (κ3) is 2.33. The molecule has 0 aliphatic carbocycles. The monoisotopic (exact) mass is 238 g/mol. The van der Waals surface area contributed by atoms with E-state index >= 15 is 0 Å². The highest BCUT2D eigenvalue weighted by molar-refractivity contribution is 5.32. The summed E-state index contributed by atoms with van der Waals surface area (Å²) >= 11 is 0. The van der Waals surface area contributed by atoms with Crippen LogP contribution in [0.25, 0.3) is 0 Å². The summed E-state index contributed by atoms with van der Waals surface area (Å²) in [6.45, 7) is 4.71. The van der Waals surface area contributed by atoms with Crippen LogP contribution in [0, 0.1) is 0 Å². The van der Waals surface area contributed by atoms with Crippen molar-refractivity contribution in [1.82, 2.24) is 0 Å². The summed E-state index contributed by atoms with van der Waals surface area (Å²) in [5.74, 6) is -1.96. The first-order valence-electron chi connectivity index (χ1n) is 5.66. The van der Waals surface area contributed by atoms with Crippen LogP contribution < -0.4 is 0 Å². The van der Waals surface area contributed by atoms with Crippen LogP contribution in [0.2, 0.25) is 0 Å². The van der Waals surface area contributed by atoms with Crippen LogP contribution in [0.15, 0.2) is 36.1 Å². The summed E-state index contributed by atoms with van der Waals surface area (Å²) in [5.41, 5.74) is 0.319. The van der Waals surface area contributed by atoms with Crippen LogP contribution >= 0.6 is 0 Å². The second kappa shape index (κ2) is 3.83. The lowest BCUT2D eigenvalue weighted by atomic mass is 9.91. The van der Waals surface area contributed by atoms with E-state index in [1.165, 1.54) is 12.1 Å². The highest BCUT2D eigenvalue weighted by Crippen LogP contribution is 2.39. The minimum Gasteiger partial charge on any atom is -0.488 e. The Morgan fingerprint density at radius 3 is 2.59 bits per heavy atom. The number of alkyl halides is 2. The van der Waals surface area contributed by atoms with Crippen molar-refractivity contribution >= 4 is 0 Å². The number of benzene rings is 1. The maximum Gasteiger partial charge on any atom is 0.270 e. The summed E-state index contributed by atoms with van der Waals surface area (Å²) in [7, 11) is 0. The van der Waals surface area contributed by atoms with E-state index in [9.17, 15) is 8.78 Å². The topological polar surface area (TPSA) is 9.23 Å². The van der Waals surface area contributed by atoms with E-state index < -0.39 is 11.5 Å². The molecular weight excluding hydrogens is 222 g/mol. The molecule has 0 spiro atoms. The fourth-order valence-corrected chi connectivity index (χ4v) is 2.08. The first-order chi connectivity index (χ1) is 7.81. The van der Waals surface area contributed by atoms with Crippen LogP contribution in [-0.4, -0.2) is 0 Å². The second-order valence-electron chi connectivity index (χ2n) is 4.82. The zero-order chi connectivity index (χ0) is 12.7. The summed E-state index contributed by atoms with van der Waals surface area (Å²) in [4.78, 5) is 0. The van der Waals surface area contributed by atoms with Crippen LogP contribution in [0.5, 0.6) is 0 Å². The van der Waals surface area contributed by atoms with Gasteiger partial charge in [0.2, 0.25) is 0 Å². The van der Waals surface area contributed by atoms with Crippen molar-refractivity contribution in [2.45, 2.75) is 38.7 Å². The molecule has 1 atom stereocenters. The van der Waals surface area contributed by atoms with Crippen LogP contribution in [0.4, 0.5) is 8.78 Å². The second-order valence-corrected chi connectivity index (χ2v) is 4.82. The number of allylic oxidation sites excluding steroid dienone is 1. The van der Waals surface area contributed by atoms with Crippen molar-refractivity contribution in [3.05, 3.63) is 47.2 Å². The molecule has 0 bridgehead atoms. The minimum atomic E-state index is -2.81. The van der Waals surface area contributed by atoms with Crippen LogP contribution in [-0.2, 0) is 16.3 Å². The third-order valence-corrected chi connectivity index (χ3v) is 3.15. The fraction of sp³-hybridized carbons (Fsp3) is 0.429. The van der Waals surface area contributed by atoms with E-state index in [4.69, 9.17) is 4.74 Å². The van der Waals surface area contributed by atoms with Gasteiger partial charge >= 0.3 is 0 Å². The lowest BCUT2D eigenvalue weighted by Crippen LogP contribution is -2.21. The number of hydrogen-bond donors (Lipinski definition) is 0. The number of rotatable bonds is 2. The van der Waals surface area contributed by atoms with Gasteiger partial charge in [0.15, 0.2) is 0 Å². The van der Waals surface area contributed by atoms with Gasteiger partial charge in [-0.3, -0.25) is 0 Å². The van der Waals surface area contributed by atoms with Gasteiger partial charge in [-0.2, -0.15) is 0 Å². The SMILES string of the molecule is CC1=CCC(C)(c2cccc(C(C)(F)F)c2)O1. The molecule has 0 amide bonds. The van der Waals surface area contributed by atoms with Gasteiger partial charge in [0, 0.05) is 18.9 Å². The Labute approximate surface area is 100 Å². The van der Waals surface area contributed by atoms with Gasteiger partial charge in [0.1, 0.15) is 5.60 Å². The van der Waals surface area contributed by atoms with Crippen molar-refractivity contribution in [2.24, 2.45) is 0 Å². The van der Waals surface area contributed by atoms with Gasteiger partial charge in [0.25, 0.3) is 5.92 Å². The molecule has 0 aromatic heterocycles. The molecule has 0 radical (unpaired) electrons. The highest BCUT2D eigenvalue weighted by atomic mass is 19.3. The predicted octanol–water partition coefficient (Wildman–Crippen LogP) is 4.34. The first kappa shape index (κ1) is 12.1. The quantitative estimate of drug-likeness (QED) is 0.744. The summed E-state index contributed by atoms with van der Waals surface area (Å²) in [6.07, 6.45) is 2.70. The van der Waals surface area contributed by atoms with E-state index in [1.54, 1.807) is 6.07 Å². The summed E-state index contributed by atoms with van der Waals surface area (Å²) in [5, 5.41) is 0. The average molecular weight is 238 g/mol. The molecule has 1 aliphatic heterocycles. The Kier molecular flexibility index (Phi) is 2.72. The van der Waals surface area contributed by atoms with Crippen molar-refractivity contribution in [1.29, 1.82) is 0 Å². The standard InChI is InChI=1S/C14H16F2O/c1-10-7-8-13(2,17-10)11-5-4-6-12(9-11)14(3,15)16/h4-7,9H,8H2,1-3H3. The van der Waals surface area contributed by atoms with Gasteiger partial charge in [0.05, 0.1) is 5.76 Å². The fourth-order valence-electron chi connectivity index (χ4n) is 2.08. The average Bonchev–Trinajstić information content (AvgIpc) is 2.59. The van der Waals surface area contributed by atoms with Gasteiger partial charge in [-0.05, 0) is 31.6 Å². The maximum atomic E-state index is 13.3. The molecular formula is C14H16F2O. The molecule has 1 nitrogen and oxygen atoms in total. The molecule has 1 aliphatic rings. The van der Waals surface area contributed by atoms with E-state index in [0.717, 1.165) is 24.7 Å². The maximum absolute atomic E-state index is 13.3. The lowest BCUT2D eigenvalue weighted by Gasteiger charge is -2.26. The first-order valence-corrected chi connectivity index (χ1v) is 5.66. The van der Waals surface area contributed by atoms with E-state index in [-0.39, 0.29) is 5.56 Å². The van der Waals surface area contributed by atoms with Crippen molar-refractivity contribution in [3.8, 4) is 0 Å². The van der Waals surface area contributed by atoms with Gasteiger partial charge in [-0.25, -0.2) is 8.78 Å². The van der Waals surface area contributed by atoms with Gasteiger partial charge < -0.3 is 4.74 Å². The molecule has 1 heterocycles. The molecule has 1 aromatic carbocycles. The molecule has 0 fully saturated rings. The zero-order valence-electron chi connectivity index (χ0n) is 10.3. The zero-order valence-corrected chi connectivity index (χ0v) is 10.3. The molecule has 1 unspecified atom stereocenters. The Morgan fingerprint density at radius 1 is 1.35 bits per heavy atom. The van der Waals surface area contributed by atoms with Gasteiger partial charge in [-0.1, -0.05) is 18.2 Å². The summed E-state index contributed by atoms with van der Waals surface area (Å²) < 4.78 is 32.3. The smallest absolute Gasteiger partial charge is 0.270 e. The molecule has 0 saturated heterocycles. The van der Waals surface area contributed by atoms with E-state index in [1.807, 2.05) is 26.0 Å². The predicted molar refractivity (Wildman–Crippen MR) is 62.8 cm³/mol. The Balaban J connectivity index is 2.35. The van der Waals surface area contributed by atoms with Gasteiger partial charge in [-0.15, -0.1) is 0 Å². The van der Waals surface area contributed by atoms with Crippen molar-refractivity contribution in [3.63, 3.8) is 0 Å². The Hall–Kier alpha value is -1.38. The molecule has 2 rings (SSSR count). The Morgan fingerprint density at radius 2 is 2.06 bits per heavy atom. The largest absolute Gasteiger partial charge is 0.488 e.